The first-order valence-electron chi connectivity index (χ1n) is 12.4. The lowest BCUT2D eigenvalue weighted by molar-refractivity contribution is -0.138. The fourth-order valence-electron chi connectivity index (χ4n) is 5.18. The Labute approximate surface area is 216 Å². The van der Waals surface area contributed by atoms with Crippen LogP contribution in [0, 0.1) is 0 Å². The molecule has 8 nitrogen and oxygen atoms in total. The lowest BCUT2D eigenvalue weighted by Crippen LogP contribution is -2.36. The molecule has 1 aliphatic heterocycles. The van der Waals surface area contributed by atoms with Gasteiger partial charge in [0, 0.05) is 29.3 Å². The third-order valence-electron chi connectivity index (χ3n) is 6.82. The Hall–Kier alpha value is -3.94. The number of ketones is 1. The Balaban J connectivity index is 1.80. The van der Waals surface area contributed by atoms with Gasteiger partial charge in [0.25, 0.3) is 0 Å². The monoisotopic (exact) mass is 507 g/mol. The van der Waals surface area contributed by atoms with Gasteiger partial charge in [-0.05, 0) is 68.5 Å². The Kier molecular flexibility index (Phi) is 7.76. The number of carbonyl (C=O) groups excluding carboxylic acids is 2. The van der Waals surface area contributed by atoms with Crippen LogP contribution in [0.1, 0.15) is 56.6 Å². The van der Waals surface area contributed by atoms with Gasteiger partial charge in [-0.15, -0.1) is 0 Å². The number of nitrogens with one attached hydrogen (secondary N) is 1. The molecule has 4 rings (SSSR count). The quantitative estimate of drug-likeness (QED) is 0.494. The van der Waals surface area contributed by atoms with Crippen molar-refractivity contribution < 1.29 is 33.6 Å². The standard InChI is InChI=1S/C29H33NO7/c1-6-36-24-15-18(8-10-21(24)31)27-26(29(33)37-7-2)16(3)30-20-12-19(13-22(32)28(20)27)17-9-11-23(34-4)25(14-17)35-5/h8-11,14-15,19,27,30-31H,6-7,12-13H2,1-5H3/t19-,27+/m1/s1. The summed E-state index contributed by atoms with van der Waals surface area (Å²) in [5, 5.41) is 13.6. The molecular formula is C29H33NO7. The molecule has 0 unspecified atom stereocenters. The van der Waals surface area contributed by atoms with Crippen molar-refractivity contribution >= 4 is 11.8 Å². The largest absolute Gasteiger partial charge is 0.504 e. The number of esters is 1. The fraction of sp³-hybridized carbons (Fsp3) is 0.379. The molecule has 2 aromatic rings. The van der Waals surface area contributed by atoms with Gasteiger partial charge in [0.05, 0.1) is 33.0 Å². The van der Waals surface area contributed by atoms with Gasteiger partial charge >= 0.3 is 5.97 Å². The summed E-state index contributed by atoms with van der Waals surface area (Å²) in [5.74, 6) is 0.269. The Morgan fingerprint density at radius 2 is 1.68 bits per heavy atom. The third kappa shape index (κ3) is 5.01. The van der Waals surface area contributed by atoms with Crippen LogP contribution in [0.3, 0.4) is 0 Å². The molecule has 0 amide bonds. The van der Waals surface area contributed by atoms with Crippen LogP contribution in [0.2, 0.25) is 0 Å². The van der Waals surface area contributed by atoms with Crippen molar-refractivity contribution in [3.05, 3.63) is 70.1 Å². The van der Waals surface area contributed by atoms with Gasteiger partial charge < -0.3 is 29.4 Å². The number of dihydropyridines is 1. The Morgan fingerprint density at radius 1 is 0.973 bits per heavy atom. The van der Waals surface area contributed by atoms with Crippen LogP contribution >= 0.6 is 0 Å². The van der Waals surface area contributed by atoms with Gasteiger partial charge in [-0.25, -0.2) is 4.79 Å². The predicted octanol–water partition coefficient (Wildman–Crippen LogP) is 4.73. The number of carbonyl (C=O) groups is 2. The number of allylic oxidation sites excluding steroid dienone is 3. The average molecular weight is 508 g/mol. The van der Waals surface area contributed by atoms with E-state index in [-0.39, 0.29) is 30.5 Å². The van der Waals surface area contributed by atoms with Crippen LogP contribution in [-0.4, -0.2) is 44.3 Å². The zero-order chi connectivity index (χ0) is 26.7. The van der Waals surface area contributed by atoms with Gasteiger partial charge in [0.15, 0.2) is 28.8 Å². The van der Waals surface area contributed by atoms with E-state index >= 15 is 0 Å². The molecule has 0 saturated heterocycles. The number of Topliss-reactive ketones (excluding diaryl/α,β-unsaturated/α-hetero) is 1. The number of hydrogen-bond acceptors (Lipinski definition) is 8. The van der Waals surface area contributed by atoms with E-state index in [1.54, 1.807) is 33.3 Å². The first-order chi connectivity index (χ1) is 17.8. The second-order valence-corrected chi connectivity index (χ2v) is 9.01. The van der Waals surface area contributed by atoms with E-state index in [1.165, 1.54) is 6.07 Å². The number of phenols is 1. The summed E-state index contributed by atoms with van der Waals surface area (Å²) in [6.07, 6.45) is 0.856. The fourth-order valence-corrected chi connectivity index (χ4v) is 5.18. The molecule has 2 atom stereocenters. The number of ether oxygens (including phenoxy) is 4. The zero-order valence-electron chi connectivity index (χ0n) is 21.8. The van der Waals surface area contributed by atoms with Gasteiger partial charge in [0.2, 0.25) is 0 Å². The van der Waals surface area contributed by atoms with Crippen LogP contribution in [0.25, 0.3) is 0 Å². The number of hydrogen-bond donors (Lipinski definition) is 2. The summed E-state index contributed by atoms with van der Waals surface area (Å²) in [4.78, 5) is 26.9. The molecule has 2 aliphatic rings. The van der Waals surface area contributed by atoms with E-state index in [2.05, 4.69) is 5.32 Å². The molecule has 196 valence electrons. The van der Waals surface area contributed by atoms with Gasteiger partial charge in [0.1, 0.15) is 0 Å². The summed E-state index contributed by atoms with van der Waals surface area (Å²) < 4.78 is 21.8. The number of rotatable bonds is 8. The van der Waals surface area contributed by atoms with E-state index < -0.39 is 11.9 Å². The molecule has 0 aromatic heterocycles. The minimum Gasteiger partial charge on any atom is -0.504 e. The molecule has 37 heavy (non-hydrogen) atoms. The van der Waals surface area contributed by atoms with E-state index in [0.29, 0.717) is 52.7 Å². The van der Waals surface area contributed by atoms with E-state index in [1.807, 2.05) is 32.0 Å². The third-order valence-corrected chi connectivity index (χ3v) is 6.82. The lowest BCUT2D eigenvalue weighted by Gasteiger charge is -2.37. The maximum Gasteiger partial charge on any atom is 0.336 e. The normalized spacial score (nSPS) is 19.2. The average Bonchev–Trinajstić information content (AvgIpc) is 2.88. The molecule has 1 aliphatic carbocycles. The van der Waals surface area contributed by atoms with Crippen molar-refractivity contribution in [3.8, 4) is 23.0 Å². The van der Waals surface area contributed by atoms with Crippen molar-refractivity contribution in [2.45, 2.75) is 45.4 Å². The van der Waals surface area contributed by atoms with Crippen LogP contribution in [-0.2, 0) is 14.3 Å². The number of phenolic OH excluding ortho intramolecular Hbond substituents is 1. The molecule has 0 bridgehead atoms. The zero-order valence-corrected chi connectivity index (χ0v) is 21.8. The Morgan fingerprint density at radius 3 is 2.35 bits per heavy atom. The molecule has 0 radical (unpaired) electrons. The number of aromatic hydroxyl groups is 1. The predicted molar refractivity (Wildman–Crippen MR) is 138 cm³/mol. The summed E-state index contributed by atoms with van der Waals surface area (Å²) in [6.45, 7) is 5.96. The first-order valence-corrected chi connectivity index (χ1v) is 12.4. The molecule has 2 aromatic carbocycles. The summed E-state index contributed by atoms with van der Waals surface area (Å²) in [6, 6.07) is 10.6. The highest BCUT2D eigenvalue weighted by Crippen LogP contribution is 2.47. The van der Waals surface area contributed by atoms with Crippen LogP contribution in [0.4, 0.5) is 0 Å². The molecular weight excluding hydrogens is 474 g/mol. The first kappa shape index (κ1) is 26.1. The maximum atomic E-state index is 13.8. The van der Waals surface area contributed by atoms with E-state index in [4.69, 9.17) is 18.9 Å². The van der Waals surface area contributed by atoms with Crippen molar-refractivity contribution in [2.75, 3.05) is 27.4 Å². The summed E-state index contributed by atoms with van der Waals surface area (Å²) in [5.41, 5.74) is 3.98. The van der Waals surface area contributed by atoms with Crippen LogP contribution in [0.5, 0.6) is 23.0 Å². The maximum absolute atomic E-state index is 13.8. The highest BCUT2D eigenvalue weighted by Gasteiger charge is 2.41. The molecule has 8 heteroatoms. The summed E-state index contributed by atoms with van der Waals surface area (Å²) in [7, 11) is 3.17. The molecule has 1 heterocycles. The Bertz CT molecular complexity index is 1280. The smallest absolute Gasteiger partial charge is 0.336 e. The van der Waals surface area contributed by atoms with E-state index in [9.17, 15) is 14.7 Å². The second kappa shape index (κ2) is 11.0. The van der Waals surface area contributed by atoms with Crippen molar-refractivity contribution in [2.24, 2.45) is 0 Å². The minimum atomic E-state index is -0.644. The minimum absolute atomic E-state index is 0.00406. The molecule has 2 N–H and O–H groups in total. The SMILES string of the molecule is CCOC(=O)C1=C(C)NC2=C(C(=O)C[C@H](c3ccc(OC)c(OC)c3)C2)[C@H]1c1ccc(O)c(OCC)c1. The number of benzene rings is 2. The van der Waals surface area contributed by atoms with Gasteiger partial charge in [-0.2, -0.15) is 0 Å². The van der Waals surface area contributed by atoms with Crippen molar-refractivity contribution in [3.63, 3.8) is 0 Å². The highest BCUT2D eigenvalue weighted by molar-refractivity contribution is 6.04. The van der Waals surface area contributed by atoms with Crippen LogP contribution < -0.4 is 19.5 Å². The van der Waals surface area contributed by atoms with Crippen molar-refractivity contribution in [1.29, 1.82) is 0 Å². The lowest BCUT2D eigenvalue weighted by atomic mass is 9.71. The topological polar surface area (TPSA) is 103 Å². The van der Waals surface area contributed by atoms with Gasteiger partial charge in [-0.3, -0.25) is 4.79 Å². The molecule has 0 spiro atoms. The molecule has 0 fully saturated rings. The van der Waals surface area contributed by atoms with Gasteiger partial charge in [-0.1, -0.05) is 12.1 Å². The summed E-state index contributed by atoms with van der Waals surface area (Å²) >= 11 is 0. The highest BCUT2D eigenvalue weighted by atomic mass is 16.5. The second-order valence-electron chi connectivity index (χ2n) is 9.01. The van der Waals surface area contributed by atoms with Crippen LogP contribution in [0.15, 0.2) is 58.9 Å². The van der Waals surface area contributed by atoms with Crippen molar-refractivity contribution in [1.82, 2.24) is 5.32 Å². The van der Waals surface area contributed by atoms with E-state index in [0.717, 1.165) is 11.3 Å². The molecule has 0 saturated carbocycles. The number of methoxy groups -OCH3 is 2.